The Bertz CT molecular complexity index is 570. The summed E-state index contributed by atoms with van der Waals surface area (Å²) in [7, 11) is 0. The van der Waals surface area contributed by atoms with E-state index in [1.165, 1.54) is 5.56 Å². The van der Waals surface area contributed by atoms with E-state index in [2.05, 4.69) is 30.9 Å². The summed E-state index contributed by atoms with van der Waals surface area (Å²) in [6.07, 6.45) is 3.94. The Morgan fingerprint density at radius 3 is 2.82 bits per heavy atom. The first-order valence-corrected chi connectivity index (χ1v) is 5.57. The third kappa shape index (κ3) is 2.48. The molecule has 0 unspecified atom stereocenters. The van der Waals surface area contributed by atoms with Gasteiger partial charge in [0.1, 0.15) is 0 Å². The highest BCUT2D eigenvalue weighted by Gasteiger charge is 2.04. The lowest BCUT2D eigenvalue weighted by Gasteiger charge is -2.02. The van der Waals surface area contributed by atoms with Gasteiger partial charge in [0.15, 0.2) is 0 Å². The van der Waals surface area contributed by atoms with E-state index >= 15 is 0 Å². The molecule has 1 heterocycles. The van der Waals surface area contributed by atoms with Crippen molar-refractivity contribution in [3.05, 3.63) is 47.8 Å². The molecule has 0 fully saturated rings. The van der Waals surface area contributed by atoms with E-state index in [0.717, 1.165) is 11.3 Å². The molecule has 1 aromatic heterocycles. The highest BCUT2D eigenvalue weighted by molar-refractivity contribution is 5.43. The van der Waals surface area contributed by atoms with E-state index in [4.69, 9.17) is 5.73 Å². The zero-order valence-corrected chi connectivity index (χ0v) is 10.0. The zero-order chi connectivity index (χ0) is 12.3. The molecule has 2 aromatic rings. The molecule has 0 saturated heterocycles. The third-order valence-corrected chi connectivity index (χ3v) is 2.60. The first-order valence-electron chi connectivity index (χ1n) is 5.57. The summed E-state index contributed by atoms with van der Waals surface area (Å²) in [5, 5.41) is 4.35. The second-order valence-electron chi connectivity index (χ2n) is 4.19. The van der Waals surface area contributed by atoms with Gasteiger partial charge >= 0.3 is 0 Å². The van der Waals surface area contributed by atoms with Crippen LogP contribution in [0, 0.1) is 12.0 Å². The van der Waals surface area contributed by atoms with E-state index in [9.17, 15) is 0 Å². The molecule has 0 spiro atoms. The fourth-order valence-corrected chi connectivity index (χ4v) is 1.59. The molecule has 0 radical (unpaired) electrons. The minimum atomic E-state index is 0.482. The van der Waals surface area contributed by atoms with Crippen LogP contribution in [0.3, 0.4) is 0 Å². The van der Waals surface area contributed by atoms with Crippen molar-refractivity contribution in [2.24, 2.45) is 5.73 Å². The van der Waals surface area contributed by atoms with Crippen LogP contribution in [-0.4, -0.2) is 9.78 Å². The summed E-state index contributed by atoms with van der Waals surface area (Å²) < 4.78 is 1.86. The predicted octanol–water partition coefficient (Wildman–Crippen LogP) is 2.26. The first kappa shape index (κ1) is 11.3. The number of nitrogens with two attached hydrogens (primary N) is 1. The van der Waals surface area contributed by atoms with Gasteiger partial charge in [-0.15, -0.1) is 0 Å². The van der Waals surface area contributed by atoms with Crippen LogP contribution < -0.4 is 5.73 Å². The summed E-state index contributed by atoms with van der Waals surface area (Å²) >= 11 is 0. The van der Waals surface area contributed by atoms with Crippen LogP contribution >= 0.6 is 0 Å². The molecule has 0 saturated carbocycles. The lowest BCUT2D eigenvalue weighted by Crippen LogP contribution is -1.94. The van der Waals surface area contributed by atoms with Crippen molar-refractivity contribution in [3.8, 4) is 17.7 Å². The maximum atomic E-state index is 5.21. The van der Waals surface area contributed by atoms with Crippen LogP contribution in [0.25, 0.3) is 5.69 Å². The van der Waals surface area contributed by atoms with Crippen LogP contribution in [-0.2, 0) is 0 Å². The van der Waals surface area contributed by atoms with Gasteiger partial charge in [-0.25, -0.2) is 4.68 Å². The Hall–Kier alpha value is -2.21. The molecule has 0 aliphatic carbocycles. The van der Waals surface area contributed by atoms with Crippen LogP contribution in [0.5, 0.6) is 0 Å². The predicted molar refractivity (Wildman–Crippen MR) is 68.7 cm³/mol. The molecule has 0 amide bonds. The Labute approximate surface area is 101 Å². The normalized spacial score (nSPS) is 10.1. The first-order chi connectivity index (χ1) is 8.20. The van der Waals surface area contributed by atoms with Crippen molar-refractivity contribution < 1.29 is 0 Å². The van der Waals surface area contributed by atoms with Crippen molar-refractivity contribution in [3.63, 3.8) is 0 Å². The largest absolute Gasteiger partial charge is 0.359 e. The molecule has 0 aliphatic heterocycles. The number of benzene rings is 1. The van der Waals surface area contributed by atoms with Crippen LogP contribution in [0.15, 0.2) is 36.7 Å². The van der Waals surface area contributed by atoms with E-state index in [1.807, 2.05) is 41.3 Å². The molecule has 0 atom stereocenters. The van der Waals surface area contributed by atoms with Crippen molar-refractivity contribution >= 4 is 0 Å². The van der Waals surface area contributed by atoms with Gasteiger partial charge in [-0.3, -0.25) is 0 Å². The molecule has 3 nitrogen and oxygen atoms in total. The van der Waals surface area contributed by atoms with Crippen LogP contribution in [0.4, 0.5) is 0 Å². The van der Waals surface area contributed by atoms with Crippen LogP contribution in [0.2, 0.25) is 0 Å². The average Bonchev–Trinajstić information content (AvgIpc) is 2.79. The van der Waals surface area contributed by atoms with E-state index < -0.39 is 0 Å². The maximum Gasteiger partial charge on any atom is 0.0658 e. The van der Waals surface area contributed by atoms with E-state index in [0.29, 0.717) is 5.92 Å². The summed E-state index contributed by atoms with van der Waals surface area (Å²) in [5.41, 5.74) is 8.32. The molecule has 2 N–H and O–H groups in total. The summed E-state index contributed by atoms with van der Waals surface area (Å²) in [4.78, 5) is 0. The van der Waals surface area contributed by atoms with Crippen molar-refractivity contribution in [1.82, 2.24) is 9.78 Å². The molecule has 86 valence electrons. The SMILES string of the molecule is CC(C)c1cnn(-c2cccc(C#CN)c2)c1. The Kier molecular flexibility index (Phi) is 3.15. The highest BCUT2D eigenvalue weighted by atomic mass is 15.3. The monoisotopic (exact) mass is 225 g/mol. The Morgan fingerprint density at radius 1 is 1.35 bits per heavy atom. The molecular formula is C14H15N3. The quantitative estimate of drug-likeness (QED) is 0.629. The number of hydrogen-bond acceptors (Lipinski definition) is 2. The van der Waals surface area contributed by atoms with Crippen LogP contribution in [0.1, 0.15) is 30.9 Å². The fourth-order valence-electron chi connectivity index (χ4n) is 1.59. The highest BCUT2D eigenvalue weighted by Crippen LogP contribution is 2.16. The smallest absolute Gasteiger partial charge is 0.0658 e. The standard InChI is InChI=1S/C14H15N3/c1-11(2)13-9-16-17(10-13)14-5-3-4-12(8-14)6-7-15/h3-5,8-11H,15H2,1-2H3. The molecule has 2 rings (SSSR count). The van der Waals surface area contributed by atoms with Gasteiger partial charge in [-0.05, 0) is 35.6 Å². The molecule has 17 heavy (non-hydrogen) atoms. The van der Waals surface area contributed by atoms with Crippen molar-refractivity contribution in [2.45, 2.75) is 19.8 Å². The minimum absolute atomic E-state index is 0.482. The van der Waals surface area contributed by atoms with Gasteiger partial charge in [-0.2, -0.15) is 5.10 Å². The van der Waals surface area contributed by atoms with Gasteiger partial charge in [0.25, 0.3) is 0 Å². The maximum absolute atomic E-state index is 5.21. The Balaban J connectivity index is 2.37. The van der Waals surface area contributed by atoms with Gasteiger partial charge in [0, 0.05) is 17.8 Å². The molecule has 0 aliphatic rings. The van der Waals surface area contributed by atoms with Gasteiger partial charge in [0.2, 0.25) is 0 Å². The summed E-state index contributed by atoms with van der Waals surface area (Å²) in [6.45, 7) is 4.30. The van der Waals surface area contributed by atoms with Gasteiger partial charge in [-0.1, -0.05) is 19.9 Å². The lowest BCUT2D eigenvalue weighted by molar-refractivity contribution is 0.858. The zero-order valence-electron chi connectivity index (χ0n) is 10.0. The van der Waals surface area contributed by atoms with Gasteiger partial charge < -0.3 is 5.73 Å². The molecule has 1 aromatic carbocycles. The second-order valence-corrected chi connectivity index (χ2v) is 4.19. The fraction of sp³-hybridized carbons (Fsp3) is 0.214. The summed E-state index contributed by atoms with van der Waals surface area (Å²) in [5.74, 6) is 3.32. The second kappa shape index (κ2) is 4.75. The number of aromatic nitrogens is 2. The average molecular weight is 225 g/mol. The molecule has 0 bridgehead atoms. The third-order valence-electron chi connectivity index (χ3n) is 2.60. The topological polar surface area (TPSA) is 43.8 Å². The molecule has 3 heteroatoms. The Morgan fingerprint density at radius 2 is 2.18 bits per heavy atom. The minimum Gasteiger partial charge on any atom is -0.359 e. The number of hydrogen-bond donors (Lipinski definition) is 1. The van der Waals surface area contributed by atoms with E-state index in [-0.39, 0.29) is 0 Å². The van der Waals surface area contributed by atoms with Crippen molar-refractivity contribution in [2.75, 3.05) is 0 Å². The lowest BCUT2D eigenvalue weighted by atomic mass is 10.1. The van der Waals surface area contributed by atoms with Crippen molar-refractivity contribution in [1.29, 1.82) is 0 Å². The number of nitrogens with zero attached hydrogens (tertiary/aromatic N) is 2. The van der Waals surface area contributed by atoms with Gasteiger partial charge in [0.05, 0.1) is 11.9 Å². The molecular weight excluding hydrogens is 210 g/mol. The number of rotatable bonds is 2. The summed E-state index contributed by atoms with van der Waals surface area (Å²) in [6, 6.07) is 10.3. The van der Waals surface area contributed by atoms with E-state index in [1.54, 1.807) is 0 Å².